The molecule has 118 valence electrons. The average molecular weight is 309 g/mol. The van der Waals surface area contributed by atoms with Crippen LogP contribution in [0.2, 0.25) is 0 Å². The van der Waals surface area contributed by atoms with E-state index in [9.17, 15) is 9.90 Å². The quantitative estimate of drug-likeness (QED) is 0.882. The third-order valence-electron chi connectivity index (χ3n) is 4.02. The monoisotopic (exact) mass is 309 g/mol. The Bertz CT molecular complexity index is 754. The number of fused-ring (bicyclic) bond motifs is 1. The van der Waals surface area contributed by atoms with E-state index in [0.29, 0.717) is 24.4 Å². The lowest BCUT2D eigenvalue weighted by molar-refractivity contribution is -0.126. The molecule has 1 heterocycles. The molecule has 3 rings (SSSR count). The first-order chi connectivity index (χ1) is 11.1. The number of ether oxygens (including phenoxy) is 1. The normalized spacial score (nSPS) is 16.7. The number of rotatable bonds is 4. The highest BCUT2D eigenvalue weighted by Crippen LogP contribution is 2.37. The number of amides is 1. The van der Waals surface area contributed by atoms with Crippen molar-refractivity contribution in [3.8, 4) is 11.5 Å². The summed E-state index contributed by atoms with van der Waals surface area (Å²) in [6.07, 6.45) is 1.57. The fraction of sp³-hybridized carbons (Fsp3) is 0.211. The Morgan fingerprint density at radius 3 is 2.83 bits per heavy atom. The number of phenolic OH excluding ortho intramolecular Hbond substituents is 1. The van der Waals surface area contributed by atoms with Gasteiger partial charge in [0.05, 0.1) is 5.69 Å². The molecule has 1 aliphatic heterocycles. The largest absolute Gasteiger partial charge is 0.508 e. The number of anilines is 1. The highest BCUT2D eigenvalue weighted by molar-refractivity contribution is 6.00. The Kier molecular flexibility index (Phi) is 4.06. The number of benzene rings is 2. The molecule has 4 nitrogen and oxygen atoms in total. The maximum atomic E-state index is 12.8. The van der Waals surface area contributed by atoms with Crippen LogP contribution in [0.4, 0.5) is 5.69 Å². The van der Waals surface area contributed by atoms with E-state index in [2.05, 4.69) is 6.58 Å². The minimum Gasteiger partial charge on any atom is -0.508 e. The van der Waals surface area contributed by atoms with E-state index >= 15 is 0 Å². The molecule has 1 N–H and O–H groups in total. The summed E-state index contributed by atoms with van der Waals surface area (Å²) in [5.74, 6) is 0.544. The highest BCUT2D eigenvalue weighted by Gasteiger charge is 2.34. The summed E-state index contributed by atoms with van der Waals surface area (Å²) in [6, 6.07) is 12.7. The Balaban J connectivity index is 1.95. The van der Waals surface area contributed by atoms with Gasteiger partial charge in [0.1, 0.15) is 11.5 Å². The van der Waals surface area contributed by atoms with Crippen LogP contribution >= 0.6 is 0 Å². The second kappa shape index (κ2) is 6.16. The van der Waals surface area contributed by atoms with Crippen LogP contribution < -0.4 is 9.64 Å². The lowest BCUT2D eigenvalue weighted by Gasteiger charge is -2.34. The molecule has 1 atom stereocenters. The van der Waals surface area contributed by atoms with Crippen LogP contribution in [0.3, 0.4) is 0 Å². The minimum atomic E-state index is -0.606. The van der Waals surface area contributed by atoms with Crippen LogP contribution in [0.25, 0.3) is 0 Å². The van der Waals surface area contributed by atoms with Gasteiger partial charge in [0, 0.05) is 19.0 Å². The third kappa shape index (κ3) is 2.93. The predicted octanol–water partition coefficient (Wildman–Crippen LogP) is 3.22. The molecule has 1 aliphatic rings. The van der Waals surface area contributed by atoms with Crippen molar-refractivity contribution in [2.24, 2.45) is 0 Å². The molecule has 0 bridgehead atoms. The molecule has 2 aromatic carbocycles. The molecule has 0 aromatic heterocycles. The second-order valence-electron chi connectivity index (χ2n) is 5.63. The molecule has 4 heteroatoms. The Labute approximate surface area is 135 Å². The first-order valence-corrected chi connectivity index (χ1v) is 7.56. The summed E-state index contributed by atoms with van der Waals surface area (Å²) in [5.41, 5.74) is 2.86. The summed E-state index contributed by atoms with van der Waals surface area (Å²) < 4.78 is 5.88. The molecule has 0 saturated carbocycles. The first-order valence-electron chi connectivity index (χ1n) is 7.56. The summed E-state index contributed by atoms with van der Waals surface area (Å²) >= 11 is 0. The van der Waals surface area contributed by atoms with Gasteiger partial charge in [-0.2, -0.15) is 0 Å². The zero-order valence-electron chi connectivity index (χ0n) is 13.0. The maximum Gasteiger partial charge on any atom is 0.268 e. The van der Waals surface area contributed by atoms with Gasteiger partial charge in [0.25, 0.3) is 5.91 Å². The minimum absolute atomic E-state index is 0.0913. The van der Waals surface area contributed by atoms with Crippen molar-refractivity contribution < 1.29 is 14.6 Å². The van der Waals surface area contributed by atoms with Crippen LogP contribution in [0.5, 0.6) is 11.5 Å². The Morgan fingerprint density at radius 2 is 2.09 bits per heavy atom. The van der Waals surface area contributed by atoms with E-state index in [1.165, 1.54) is 0 Å². The molecule has 0 fully saturated rings. The lowest BCUT2D eigenvalue weighted by Crippen LogP contribution is -2.47. The summed E-state index contributed by atoms with van der Waals surface area (Å²) in [7, 11) is 0. The van der Waals surface area contributed by atoms with Crippen LogP contribution in [-0.4, -0.2) is 23.7 Å². The molecule has 0 aliphatic carbocycles. The van der Waals surface area contributed by atoms with E-state index in [1.807, 2.05) is 31.2 Å². The van der Waals surface area contributed by atoms with Gasteiger partial charge in [-0.05, 0) is 30.2 Å². The molecular weight excluding hydrogens is 290 g/mol. The van der Waals surface area contributed by atoms with Crippen molar-refractivity contribution in [1.29, 1.82) is 0 Å². The van der Waals surface area contributed by atoms with Crippen molar-refractivity contribution in [2.45, 2.75) is 19.4 Å². The maximum absolute atomic E-state index is 12.8. The van der Waals surface area contributed by atoms with Gasteiger partial charge in [-0.3, -0.25) is 4.79 Å². The van der Waals surface area contributed by atoms with E-state index in [4.69, 9.17) is 4.74 Å². The van der Waals surface area contributed by atoms with Crippen LogP contribution in [0.15, 0.2) is 55.1 Å². The number of carbonyl (C=O) groups is 1. The molecule has 23 heavy (non-hydrogen) atoms. The number of hydrogen-bond donors (Lipinski definition) is 1. The number of carbonyl (C=O) groups excluding carboxylic acids is 1. The zero-order chi connectivity index (χ0) is 16.4. The van der Waals surface area contributed by atoms with E-state index in [0.717, 1.165) is 11.1 Å². The standard InChI is InChI=1S/C19H19NO3/c1-3-10-20-16-9-8-15(21)12-17(16)23-18(19(20)22)11-14-7-5-4-6-13(14)2/h3-9,12,18,21H,1,10-11H2,2H3. The fourth-order valence-corrected chi connectivity index (χ4v) is 2.80. The van der Waals surface area contributed by atoms with Gasteiger partial charge in [-0.15, -0.1) is 6.58 Å². The van der Waals surface area contributed by atoms with Crippen LogP contribution in [-0.2, 0) is 11.2 Å². The predicted molar refractivity (Wildman–Crippen MR) is 90.0 cm³/mol. The van der Waals surface area contributed by atoms with Gasteiger partial charge in [-0.1, -0.05) is 30.3 Å². The molecule has 1 amide bonds. The second-order valence-corrected chi connectivity index (χ2v) is 5.63. The van der Waals surface area contributed by atoms with Crippen molar-refractivity contribution >= 4 is 11.6 Å². The molecule has 0 spiro atoms. The third-order valence-corrected chi connectivity index (χ3v) is 4.02. The molecule has 0 radical (unpaired) electrons. The van der Waals surface area contributed by atoms with Gasteiger partial charge < -0.3 is 14.7 Å². The summed E-state index contributed by atoms with van der Waals surface area (Å²) in [4.78, 5) is 14.4. The summed E-state index contributed by atoms with van der Waals surface area (Å²) in [6.45, 7) is 6.14. The number of phenols is 1. The van der Waals surface area contributed by atoms with Crippen molar-refractivity contribution in [3.63, 3.8) is 0 Å². The van der Waals surface area contributed by atoms with E-state index < -0.39 is 6.10 Å². The Morgan fingerprint density at radius 1 is 1.30 bits per heavy atom. The Hall–Kier alpha value is -2.75. The smallest absolute Gasteiger partial charge is 0.268 e. The van der Waals surface area contributed by atoms with E-state index in [1.54, 1.807) is 29.2 Å². The number of nitrogens with zero attached hydrogens (tertiary/aromatic N) is 1. The van der Waals surface area contributed by atoms with Crippen molar-refractivity contribution in [1.82, 2.24) is 0 Å². The number of aryl methyl sites for hydroxylation is 1. The van der Waals surface area contributed by atoms with Gasteiger partial charge in [0.2, 0.25) is 0 Å². The molecular formula is C19H19NO3. The van der Waals surface area contributed by atoms with E-state index in [-0.39, 0.29) is 11.7 Å². The summed E-state index contributed by atoms with van der Waals surface area (Å²) in [5, 5.41) is 9.69. The fourth-order valence-electron chi connectivity index (χ4n) is 2.80. The number of aromatic hydroxyl groups is 1. The van der Waals surface area contributed by atoms with Gasteiger partial charge in [0.15, 0.2) is 6.10 Å². The van der Waals surface area contributed by atoms with Crippen molar-refractivity contribution in [2.75, 3.05) is 11.4 Å². The highest BCUT2D eigenvalue weighted by atomic mass is 16.5. The number of hydrogen-bond acceptors (Lipinski definition) is 3. The average Bonchev–Trinajstić information content (AvgIpc) is 2.53. The topological polar surface area (TPSA) is 49.8 Å². The first kappa shape index (κ1) is 15.2. The van der Waals surface area contributed by atoms with Gasteiger partial charge >= 0.3 is 0 Å². The van der Waals surface area contributed by atoms with Crippen LogP contribution in [0, 0.1) is 6.92 Å². The van der Waals surface area contributed by atoms with Gasteiger partial charge in [-0.25, -0.2) is 0 Å². The molecule has 0 saturated heterocycles. The SMILES string of the molecule is C=CCN1C(=O)C(Cc2ccccc2C)Oc2cc(O)ccc21. The van der Waals surface area contributed by atoms with Crippen LogP contribution in [0.1, 0.15) is 11.1 Å². The molecule has 2 aromatic rings. The lowest BCUT2D eigenvalue weighted by atomic mass is 10.0. The van der Waals surface area contributed by atoms with Crippen molar-refractivity contribution in [3.05, 3.63) is 66.2 Å². The molecule has 1 unspecified atom stereocenters. The zero-order valence-corrected chi connectivity index (χ0v) is 13.0.